The Kier molecular flexibility index (Phi) is 5.25. The number of rotatable bonds is 5. The molecule has 0 atom stereocenters. The fraction of sp³-hybridized carbons (Fsp3) is 0.167. The van der Waals surface area contributed by atoms with Gasteiger partial charge in [0.25, 0.3) is 0 Å². The van der Waals surface area contributed by atoms with Crippen LogP contribution in [-0.4, -0.2) is 26.8 Å². The quantitative estimate of drug-likeness (QED) is 0.688. The molecule has 2 aromatic heterocycles. The number of hydrogen-bond acceptors (Lipinski definition) is 4. The molecule has 0 radical (unpaired) electrons. The molecular formula is C18H19N5OS. The van der Waals surface area contributed by atoms with Gasteiger partial charge in [0, 0.05) is 25.1 Å². The second kappa shape index (κ2) is 7.76. The van der Waals surface area contributed by atoms with Crippen molar-refractivity contribution in [1.82, 2.24) is 19.9 Å². The summed E-state index contributed by atoms with van der Waals surface area (Å²) in [5.41, 5.74) is 2.18. The fourth-order valence-electron chi connectivity index (χ4n) is 2.50. The van der Waals surface area contributed by atoms with Gasteiger partial charge in [0.2, 0.25) is 0 Å². The van der Waals surface area contributed by atoms with E-state index in [2.05, 4.69) is 37.3 Å². The molecule has 0 amide bonds. The number of imidazole rings is 1. The second-order valence-electron chi connectivity index (χ2n) is 5.34. The number of thiocarbonyl (C=S) groups is 1. The molecule has 128 valence electrons. The van der Waals surface area contributed by atoms with Gasteiger partial charge in [-0.3, -0.25) is 0 Å². The van der Waals surface area contributed by atoms with Crippen molar-refractivity contribution in [3.63, 3.8) is 0 Å². The van der Waals surface area contributed by atoms with Gasteiger partial charge in [0.15, 0.2) is 16.7 Å². The van der Waals surface area contributed by atoms with Crippen molar-refractivity contribution in [2.24, 2.45) is 0 Å². The Morgan fingerprint density at radius 2 is 2.00 bits per heavy atom. The minimum atomic E-state index is 0.481. The van der Waals surface area contributed by atoms with E-state index in [4.69, 9.17) is 17.0 Å². The van der Waals surface area contributed by atoms with Crippen LogP contribution < -0.4 is 15.4 Å². The largest absolute Gasteiger partial charge is 0.493 e. The summed E-state index contributed by atoms with van der Waals surface area (Å²) in [5.74, 6) is 2.16. The summed E-state index contributed by atoms with van der Waals surface area (Å²) < 4.78 is 7.32. The predicted molar refractivity (Wildman–Crippen MR) is 102 cm³/mol. The van der Waals surface area contributed by atoms with Gasteiger partial charge < -0.3 is 19.9 Å². The van der Waals surface area contributed by atoms with Crippen LogP contribution in [0.25, 0.3) is 5.69 Å². The third kappa shape index (κ3) is 3.95. The molecular weight excluding hydrogens is 334 g/mol. The molecule has 0 aliphatic rings. The number of methoxy groups -OCH3 is 1. The summed E-state index contributed by atoms with van der Waals surface area (Å²) in [5, 5.41) is 6.75. The zero-order valence-corrected chi connectivity index (χ0v) is 14.9. The molecule has 0 fully saturated rings. The highest BCUT2D eigenvalue weighted by atomic mass is 32.1. The summed E-state index contributed by atoms with van der Waals surface area (Å²) in [7, 11) is 1.60. The van der Waals surface area contributed by atoms with E-state index >= 15 is 0 Å². The van der Waals surface area contributed by atoms with Crippen molar-refractivity contribution in [3.05, 3.63) is 66.4 Å². The first-order valence-corrected chi connectivity index (χ1v) is 8.22. The third-order valence-electron chi connectivity index (χ3n) is 3.74. The van der Waals surface area contributed by atoms with E-state index in [0.717, 1.165) is 17.1 Å². The molecule has 1 aromatic carbocycles. The van der Waals surface area contributed by atoms with Gasteiger partial charge in [-0.1, -0.05) is 18.2 Å². The van der Waals surface area contributed by atoms with Crippen molar-refractivity contribution in [2.45, 2.75) is 13.5 Å². The lowest BCUT2D eigenvalue weighted by molar-refractivity contribution is 0.415. The highest BCUT2D eigenvalue weighted by Gasteiger charge is 2.08. The summed E-state index contributed by atoms with van der Waals surface area (Å²) in [6, 6.07) is 11.8. The average Bonchev–Trinajstić information content (AvgIpc) is 3.06. The average molecular weight is 353 g/mol. The first kappa shape index (κ1) is 16.9. The zero-order chi connectivity index (χ0) is 17.6. The number of ether oxygens (including phenoxy) is 1. The molecule has 0 bridgehead atoms. The highest BCUT2D eigenvalue weighted by Crippen LogP contribution is 2.20. The van der Waals surface area contributed by atoms with Gasteiger partial charge in [-0.2, -0.15) is 0 Å². The fourth-order valence-corrected chi connectivity index (χ4v) is 2.67. The van der Waals surface area contributed by atoms with Crippen LogP contribution >= 0.6 is 12.2 Å². The van der Waals surface area contributed by atoms with Crippen molar-refractivity contribution < 1.29 is 4.74 Å². The van der Waals surface area contributed by atoms with Crippen molar-refractivity contribution in [2.75, 3.05) is 12.4 Å². The maximum atomic E-state index is 5.37. The molecule has 2 heterocycles. The number of nitrogens with one attached hydrogen (secondary N) is 2. The number of aryl methyl sites for hydroxylation is 1. The lowest BCUT2D eigenvalue weighted by atomic mass is 10.1. The molecule has 0 spiro atoms. The minimum Gasteiger partial charge on any atom is -0.493 e. The van der Waals surface area contributed by atoms with E-state index in [1.165, 1.54) is 0 Å². The van der Waals surface area contributed by atoms with E-state index in [1.54, 1.807) is 19.5 Å². The highest BCUT2D eigenvalue weighted by molar-refractivity contribution is 7.80. The number of aromatic nitrogens is 3. The molecule has 6 nitrogen and oxygen atoms in total. The van der Waals surface area contributed by atoms with Crippen LogP contribution in [0.4, 0.5) is 5.82 Å². The third-order valence-corrected chi connectivity index (χ3v) is 3.99. The van der Waals surface area contributed by atoms with Crippen LogP contribution in [0.3, 0.4) is 0 Å². The SMILES string of the molecule is COc1cccnc1NC(=S)NCc1ccccc1-n1ccnc1C. The van der Waals surface area contributed by atoms with E-state index < -0.39 is 0 Å². The number of nitrogens with zero attached hydrogens (tertiary/aromatic N) is 3. The lowest BCUT2D eigenvalue weighted by Gasteiger charge is -2.15. The molecule has 7 heteroatoms. The summed E-state index contributed by atoms with van der Waals surface area (Å²) in [6.45, 7) is 2.55. The van der Waals surface area contributed by atoms with Crippen LogP contribution in [0.2, 0.25) is 0 Å². The molecule has 25 heavy (non-hydrogen) atoms. The lowest BCUT2D eigenvalue weighted by Crippen LogP contribution is -2.28. The van der Waals surface area contributed by atoms with Crippen molar-refractivity contribution >= 4 is 23.1 Å². The number of benzene rings is 1. The van der Waals surface area contributed by atoms with E-state index in [9.17, 15) is 0 Å². The standard InChI is InChI=1S/C18H19N5OS/c1-13-19-10-11-23(13)15-7-4-3-6-14(15)12-21-18(25)22-17-16(24-2)8-5-9-20-17/h3-11H,12H2,1-2H3,(H2,20,21,22,25). The molecule has 0 aliphatic carbocycles. The number of hydrogen-bond donors (Lipinski definition) is 2. The number of anilines is 1. The zero-order valence-electron chi connectivity index (χ0n) is 14.1. The number of para-hydroxylation sites is 1. The van der Waals surface area contributed by atoms with Gasteiger partial charge in [0.05, 0.1) is 12.8 Å². The van der Waals surface area contributed by atoms with Gasteiger partial charge in [-0.25, -0.2) is 9.97 Å². The van der Waals surface area contributed by atoms with Crippen LogP contribution in [0.15, 0.2) is 55.0 Å². The predicted octanol–water partition coefficient (Wildman–Crippen LogP) is 3.07. The van der Waals surface area contributed by atoms with Gasteiger partial charge >= 0.3 is 0 Å². The molecule has 0 saturated carbocycles. The molecule has 3 rings (SSSR count). The van der Waals surface area contributed by atoms with E-state index in [-0.39, 0.29) is 0 Å². The second-order valence-corrected chi connectivity index (χ2v) is 5.74. The van der Waals surface area contributed by atoms with Crippen LogP contribution in [0.1, 0.15) is 11.4 Å². The smallest absolute Gasteiger partial charge is 0.174 e. The minimum absolute atomic E-state index is 0.481. The first-order chi connectivity index (χ1) is 12.2. The van der Waals surface area contributed by atoms with Gasteiger partial charge in [-0.15, -0.1) is 0 Å². The molecule has 3 aromatic rings. The Hall–Kier alpha value is -2.93. The molecule has 0 saturated heterocycles. The summed E-state index contributed by atoms with van der Waals surface area (Å²) in [4.78, 5) is 8.52. The summed E-state index contributed by atoms with van der Waals surface area (Å²) in [6.07, 6.45) is 5.42. The Morgan fingerprint density at radius 3 is 2.76 bits per heavy atom. The van der Waals surface area contributed by atoms with E-state index in [1.807, 2.05) is 37.4 Å². The molecule has 0 unspecified atom stereocenters. The first-order valence-electron chi connectivity index (χ1n) is 7.81. The summed E-state index contributed by atoms with van der Waals surface area (Å²) >= 11 is 5.37. The monoisotopic (exact) mass is 353 g/mol. The van der Waals surface area contributed by atoms with Gasteiger partial charge in [0.1, 0.15) is 5.82 Å². The van der Waals surface area contributed by atoms with Crippen LogP contribution in [-0.2, 0) is 6.54 Å². The maximum absolute atomic E-state index is 5.37. The maximum Gasteiger partial charge on any atom is 0.174 e. The van der Waals surface area contributed by atoms with Crippen LogP contribution in [0, 0.1) is 6.92 Å². The Morgan fingerprint density at radius 1 is 1.16 bits per heavy atom. The van der Waals surface area contributed by atoms with Crippen LogP contribution in [0.5, 0.6) is 5.75 Å². The Labute approximate surface area is 151 Å². The van der Waals surface area contributed by atoms with Crippen molar-refractivity contribution in [3.8, 4) is 11.4 Å². The molecule has 0 aliphatic heterocycles. The van der Waals surface area contributed by atoms with Gasteiger partial charge in [-0.05, 0) is 42.9 Å². The Bertz CT molecular complexity index is 877. The van der Waals surface area contributed by atoms with E-state index in [0.29, 0.717) is 23.2 Å². The normalized spacial score (nSPS) is 10.3. The topological polar surface area (TPSA) is 64.0 Å². The number of pyridine rings is 1. The Balaban J connectivity index is 1.70. The molecule has 2 N–H and O–H groups in total. The van der Waals surface area contributed by atoms with Crippen molar-refractivity contribution in [1.29, 1.82) is 0 Å².